The molecular formula is C25H27ClN5O5P. The highest BCUT2D eigenvalue weighted by molar-refractivity contribution is 7.54. The highest BCUT2D eigenvalue weighted by Gasteiger charge is 2.38. The van der Waals surface area contributed by atoms with Gasteiger partial charge < -0.3 is 19.1 Å². The van der Waals surface area contributed by atoms with Gasteiger partial charge in [0.05, 0.1) is 18.8 Å². The molecule has 0 aliphatic rings. The summed E-state index contributed by atoms with van der Waals surface area (Å²) in [5.74, 6) is -1.05. The quantitative estimate of drug-likeness (QED) is 0.246. The topological polar surface area (TPSA) is 117 Å². The molecule has 2 aromatic heterocycles. The van der Waals surface area contributed by atoms with Crippen LogP contribution in [0.4, 0.5) is 0 Å². The summed E-state index contributed by atoms with van der Waals surface area (Å²) in [6, 6.07) is 15.1. The zero-order chi connectivity index (χ0) is 26.6. The number of halogens is 1. The van der Waals surface area contributed by atoms with E-state index in [4.69, 9.17) is 25.4 Å². The predicted octanol–water partition coefficient (Wildman–Crippen LogP) is 5.88. The third-order valence-electron chi connectivity index (χ3n) is 5.32. The molecule has 1 N–H and O–H groups in total. The normalized spacial score (nSPS) is 12.5. The van der Waals surface area contributed by atoms with Gasteiger partial charge in [-0.1, -0.05) is 35.9 Å². The molecule has 2 aromatic carbocycles. The van der Waals surface area contributed by atoms with E-state index in [1.807, 2.05) is 19.9 Å². The summed E-state index contributed by atoms with van der Waals surface area (Å²) in [6.07, 6.45) is 0. The number of nitrogens with zero attached hydrogens (tertiary/aromatic N) is 4. The predicted molar refractivity (Wildman–Crippen MR) is 139 cm³/mol. The standard InChI is InChI=1S/C25H27ClN5O5P/c1-5-34-37(33,35-6-2)23(18-11-13-19(26)14-12-18)28-22(32)20-9-7-8-10-21(20)36-25-29-24-27-16(3)15-17(4)31(24)30-25/h7-15,23H,5-6H2,1-4H3,(H,28,32). The molecule has 37 heavy (non-hydrogen) atoms. The number of rotatable bonds is 10. The molecule has 1 atom stereocenters. The van der Waals surface area contributed by atoms with Crippen molar-refractivity contribution in [3.05, 3.63) is 82.1 Å². The monoisotopic (exact) mass is 543 g/mol. The molecule has 10 nitrogen and oxygen atoms in total. The minimum Gasteiger partial charge on any atom is -0.422 e. The van der Waals surface area contributed by atoms with Crippen LogP contribution in [0.1, 0.15) is 46.9 Å². The van der Waals surface area contributed by atoms with E-state index in [0.29, 0.717) is 16.4 Å². The van der Waals surface area contributed by atoms with E-state index in [2.05, 4.69) is 20.4 Å². The Labute approximate surface area is 219 Å². The van der Waals surface area contributed by atoms with Crippen LogP contribution in [0.3, 0.4) is 0 Å². The average Bonchev–Trinajstić information content (AvgIpc) is 3.26. The molecule has 4 rings (SSSR count). The van der Waals surface area contributed by atoms with E-state index in [1.165, 1.54) is 0 Å². The first kappa shape index (κ1) is 26.8. The molecule has 0 aliphatic heterocycles. The lowest BCUT2D eigenvalue weighted by Gasteiger charge is -2.27. The number of fused-ring (bicyclic) bond motifs is 1. The number of ether oxygens (including phenoxy) is 1. The summed E-state index contributed by atoms with van der Waals surface area (Å²) in [5.41, 5.74) is 2.33. The number of hydrogen-bond acceptors (Lipinski definition) is 8. The minimum absolute atomic E-state index is 0.0324. The summed E-state index contributed by atoms with van der Waals surface area (Å²) >= 11 is 6.05. The molecule has 0 bridgehead atoms. The van der Waals surface area contributed by atoms with Gasteiger partial charge in [-0.25, -0.2) is 4.98 Å². The van der Waals surface area contributed by atoms with Gasteiger partial charge in [-0.15, -0.1) is 5.10 Å². The van der Waals surface area contributed by atoms with Crippen molar-refractivity contribution in [2.75, 3.05) is 13.2 Å². The Morgan fingerprint density at radius 3 is 2.41 bits per heavy atom. The molecule has 0 fully saturated rings. The van der Waals surface area contributed by atoms with Crippen LogP contribution in [0.15, 0.2) is 54.6 Å². The van der Waals surface area contributed by atoms with Crippen LogP contribution in [-0.2, 0) is 13.6 Å². The number of nitrogens with one attached hydrogen (secondary N) is 1. The molecular weight excluding hydrogens is 517 g/mol. The number of aromatic nitrogens is 4. The van der Waals surface area contributed by atoms with Crippen LogP contribution in [0.25, 0.3) is 5.78 Å². The molecule has 0 saturated carbocycles. The fourth-order valence-corrected chi connectivity index (χ4v) is 5.80. The fourth-order valence-electron chi connectivity index (χ4n) is 3.77. The van der Waals surface area contributed by atoms with Crippen LogP contribution < -0.4 is 10.1 Å². The van der Waals surface area contributed by atoms with E-state index in [9.17, 15) is 9.36 Å². The first-order valence-electron chi connectivity index (χ1n) is 11.7. The third-order valence-corrected chi connectivity index (χ3v) is 7.87. The van der Waals surface area contributed by atoms with Gasteiger partial charge in [0.2, 0.25) is 0 Å². The zero-order valence-corrected chi connectivity index (χ0v) is 22.5. The number of hydrogen-bond donors (Lipinski definition) is 1. The molecule has 0 radical (unpaired) electrons. The Kier molecular flexibility index (Phi) is 8.24. The smallest absolute Gasteiger partial charge is 0.357 e. The zero-order valence-electron chi connectivity index (χ0n) is 20.8. The van der Waals surface area contributed by atoms with Crippen molar-refractivity contribution in [2.24, 2.45) is 0 Å². The highest BCUT2D eigenvalue weighted by Crippen LogP contribution is 2.59. The SMILES string of the molecule is CCOP(=O)(OCC)C(NC(=O)c1ccccc1Oc1nc2nc(C)cc(C)n2n1)c1ccc(Cl)cc1. The van der Waals surface area contributed by atoms with Gasteiger partial charge in [-0.3, -0.25) is 9.36 Å². The molecule has 0 saturated heterocycles. The molecule has 4 aromatic rings. The molecule has 1 unspecified atom stereocenters. The second-order valence-corrected chi connectivity index (χ2v) is 10.6. The van der Waals surface area contributed by atoms with Crippen LogP contribution in [0.2, 0.25) is 5.02 Å². The first-order valence-corrected chi connectivity index (χ1v) is 13.7. The second-order valence-electron chi connectivity index (χ2n) is 8.05. The van der Waals surface area contributed by atoms with Gasteiger partial charge in [-0.05, 0) is 63.6 Å². The summed E-state index contributed by atoms with van der Waals surface area (Å²) < 4.78 is 32.3. The van der Waals surface area contributed by atoms with Crippen molar-refractivity contribution in [3.63, 3.8) is 0 Å². The average molecular weight is 544 g/mol. The van der Waals surface area contributed by atoms with Gasteiger partial charge in [0, 0.05) is 16.4 Å². The molecule has 194 valence electrons. The van der Waals surface area contributed by atoms with Gasteiger partial charge in [0.25, 0.3) is 11.7 Å². The Balaban J connectivity index is 1.67. The van der Waals surface area contributed by atoms with Crippen molar-refractivity contribution in [2.45, 2.75) is 33.5 Å². The molecule has 2 heterocycles. The van der Waals surface area contributed by atoms with Crippen molar-refractivity contribution in [3.8, 4) is 11.8 Å². The number of para-hydroxylation sites is 1. The van der Waals surface area contributed by atoms with Gasteiger partial charge >= 0.3 is 13.6 Å². The Bertz CT molecular complexity index is 1450. The van der Waals surface area contributed by atoms with Crippen molar-refractivity contribution in [1.29, 1.82) is 0 Å². The number of carbonyl (C=O) groups is 1. The van der Waals surface area contributed by atoms with Gasteiger partial charge in [0.1, 0.15) is 5.75 Å². The largest absolute Gasteiger partial charge is 0.422 e. The maximum Gasteiger partial charge on any atom is 0.357 e. The molecule has 12 heteroatoms. The molecule has 0 spiro atoms. The maximum absolute atomic E-state index is 13.7. The van der Waals surface area contributed by atoms with Crippen molar-refractivity contribution >= 4 is 30.9 Å². The summed E-state index contributed by atoms with van der Waals surface area (Å²) in [6.45, 7) is 7.41. The number of amides is 1. The number of aryl methyl sites for hydroxylation is 2. The van der Waals surface area contributed by atoms with E-state index in [1.54, 1.807) is 66.9 Å². The number of carbonyl (C=O) groups excluding carboxylic acids is 1. The fraction of sp³-hybridized carbons (Fsp3) is 0.280. The van der Waals surface area contributed by atoms with Gasteiger partial charge in [0.15, 0.2) is 5.78 Å². The summed E-state index contributed by atoms with van der Waals surface area (Å²) in [4.78, 5) is 22.2. The summed E-state index contributed by atoms with van der Waals surface area (Å²) in [7, 11) is -3.80. The van der Waals surface area contributed by atoms with Crippen LogP contribution in [0.5, 0.6) is 11.8 Å². The highest BCUT2D eigenvalue weighted by atomic mass is 35.5. The van der Waals surface area contributed by atoms with E-state index >= 15 is 0 Å². The minimum atomic E-state index is -3.80. The lowest BCUT2D eigenvalue weighted by atomic mass is 10.1. The first-order chi connectivity index (χ1) is 17.7. The Morgan fingerprint density at radius 1 is 1.05 bits per heavy atom. The van der Waals surface area contributed by atoms with Crippen molar-refractivity contribution < 1.29 is 23.1 Å². The van der Waals surface area contributed by atoms with Crippen molar-refractivity contribution in [1.82, 2.24) is 24.9 Å². The Morgan fingerprint density at radius 2 is 1.73 bits per heavy atom. The number of benzene rings is 2. The lowest BCUT2D eigenvalue weighted by Crippen LogP contribution is -2.30. The van der Waals surface area contributed by atoms with Crippen LogP contribution in [0, 0.1) is 13.8 Å². The van der Waals surface area contributed by atoms with E-state index < -0.39 is 19.3 Å². The lowest BCUT2D eigenvalue weighted by molar-refractivity contribution is 0.0934. The summed E-state index contributed by atoms with van der Waals surface area (Å²) in [5, 5.41) is 7.66. The maximum atomic E-state index is 13.7. The second kappa shape index (κ2) is 11.4. The van der Waals surface area contributed by atoms with E-state index in [0.717, 1.165) is 11.4 Å². The van der Waals surface area contributed by atoms with Gasteiger partial charge in [-0.2, -0.15) is 9.50 Å². The van der Waals surface area contributed by atoms with Crippen LogP contribution in [-0.4, -0.2) is 38.7 Å². The Hall–Kier alpha value is -3.30. The van der Waals surface area contributed by atoms with E-state index in [-0.39, 0.29) is 30.5 Å². The molecule has 0 aliphatic carbocycles. The third kappa shape index (κ3) is 5.99. The molecule has 1 amide bonds. The van der Waals surface area contributed by atoms with Crippen LogP contribution >= 0.6 is 19.2 Å².